The van der Waals surface area contributed by atoms with Crippen LogP contribution in [-0.4, -0.2) is 38.8 Å². The summed E-state index contributed by atoms with van der Waals surface area (Å²) in [6.07, 6.45) is -2.72. The third-order valence-electron chi connectivity index (χ3n) is 1.55. The molecule has 1 amide bonds. The zero-order valence-electron chi connectivity index (χ0n) is 5.27. The summed E-state index contributed by atoms with van der Waals surface area (Å²) >= 11 is 0. The quantitative estimate of drug-likeness (QED) is 0.427. The number of aliphatic hydroxyl groups is 2. The average molecular weight is 147 g/mol. The maximum Gasteiger partial charge on any atom is 0.411 e. The lowest BCUT2D eigenvalue weighted by Gasteiger charge is -2.19. The van der Waals surface area contributed by atoms with E-state index in [4.69, 9.17) is 15.3 Å². The SMILES string of the molecule is O=C(O)N1C(O)CCC1O. The Bertz CT molecular complexity index is 139. The van der Waals surface area contributed by atoms with Gasteiger partial charge in [-0.15, -0.1) is 0 Å². The molecule has 1 fully saturated rings. The monoisotopic (exact) mass is 147 g/mol. The Labute approximate surface area is 57.5 Å². The summed E-state index contributed by atoms with van der Waals surface area (Å²) in [6.45, 7) is 0. The van der Waals surface area contributed by atoms with Gasteiger partial charge in [0.15, 0.2) is 0 Å². The molecule has 1 heterocycles. The molecule has 0 saturated carbocycles. The summed E-state index contributed by atoms with van der Waals surface area (Å²) in [5, 5.41) is 26.2. The minimum absolute atomic E-state index is 0.313. The number of hydrogen-bond donors (Lipinski definition) is 3. The molecule has 2 unspecified atom stereocenters. The van der Waals surface area contributed by atoms with Crippen LogP contribution in [0.1, 0.15) is 12.8 Å². The first-order valence-corrected chi connectivity index (χ1v) is 3.00. The molecule has 0 aromatic rings. The van der Waals surface area contributed by atoms with Crippen LogP contribution in [0.2, 0.25) is 0 Å². The molecule has 1 aliphatic rings. The van der Waals surface area contributed by atoms with Gasteiger partial charge in [-0.1, -0.05) is 0 Å². The number of amides is 1. The molecule has 10 heavy (non-hydrogen) atoms. The molecular formula is C5H9NO4. The second-order valence-corrected chi connectivity index (χ2v) is 2.23. The first-order valence-electron chi connectivity index (χ1n) is 3.00. The maximum absolute atomic E-state index is 10.2. The van der Waals surface area contributed by atoms with Crippen LogP contribution < -0.4 is 0 Å². The second kappa shape index (κ2) is 2.43. The highest BCUT2D eigenvalue weighted by Gasteiger charge is 2.34. The van der Waals surface area contributed by atoms with Crippen LogP contribution in [-0.2, 0) is 0 Å². The fourth-order valence-corrected chi connectivity index (χ4v) is 1.03. The highest BCUT2D eigenvalue weighted by molar-refractivity contribution is 5.65. The Morgan fingerprint density at radius 1 is 1.30 bits per heavy atom. The third kappa shape index (κ3) is 1.05. The fraction of sp³-hybridized carbons (Fsp3) is 0.800. The summed E-state index contributed by atoms with van der Waals surface area (Å²) in [5.41, 5.74) is 0. The van der Waals surface area contributed by atoms with Crippen LogP contribution in [0, 0.1) is 0 Å². The molecule has 0 aromatic carbocycles. The van der Waals surface area contributed by atoms with E-state index >= 15 is 0 Å². The van der Waals surface area contributed by atoms with Gasteiger partial charge in [-0.25, -0.2) is 4.79 Å². The van der Waals surface area contributed by atoms with Crippen LogP contribution in [0.3, 0.4) is 0 Å². The van der Waals surface area contributed by atoms with Crippen molar-refractivity contribution < 1.29 is 20.1 Å². The molecular weight excluding hydrogens is 138 g/mol. The third-order valence-corrected chi connectivity index (χ3v) is 1.55. The first-order chi connectivity index (χ1) is 4.63. The smallest absolute Gasteiger partial charge is 0.411 e. The number of nitrogens with zero attached hydrogens (tertiary/aromatic N) is 1. The molecule has 3 N–H and O–H groups in total. The van der Waals surface area contributed by atoms with E-state index in [9.17, 15) is 4.79 Å². The van der Waals surface area contributed by atoms with Crippen LogP contribution >= 0.6 is 0 Å². The molecule has 2 atom stereocenters. The lowest BCUT2D eigenvalue weighted by molar-refractivity contribution is -0.0359. The molecule has 58 valence electrons. The molecule has 5 nitrogen and oxygen atoms in total. The zero-order valence-corrected chi connectivity index (χ0v) is 5.27. The Morgan fingerprint density at radius 3 is 1.90 bits per heavy atom. The Kier molecular flexibility index (Phi) is 1.78. The van der Waals surface area contributed by atoms with Crippen molar-refractivity contribution in [2.24, 2.45) is 0 Å². The van der Waals surface area contributed by atoms with Gasteiger partial charge < -0.3 is 15.3 Å². The molecule has 5 heteroatoms. The predicted molar refractivity (Wildman–Crippen MR) is 31.1 cm³/mol. The topological polar surface area (TPSA) is 81.0 Å². The molecule has 0 bridgehead atoms. The van der Waals surface area contributed by atoms with Gasteiger partial charge in [-0.2, -0.15) is 0 Å². The number of carboxylic acid groups (broad SMARTS) is 1. The van der Waals surface area contributed by atoms with Gasteiger partial charge >= 0.3 is 6.09 Å². The van der Waals surface area contributed by atoms with E-state index in [1.807, 2.05) is 0 Å². The number of rotatable bonds is 0. The summed E-state index contributed by atoms with van der Waals surface area (Å²) in [5.74, 6) is 0. The van der Waals surface area contributed by atoms with Gasteiger partial charge in [0.1, 0.15) is 12.5 Å². The van der Waals surface area contributed by atoms with E-state index < -0.39 is 18.5 Å². The Morgan fingerprint density at radius 2 is 1.70 bits per heavy atom. The van der Waals surface area contributed by atoms with Crippen molar-refractivity contribution in [3.05, 3.63) is 0 Å². The number of likely N-dealkylation sites (tertiary alicyclic amines) is 1. The lowest BCUT2D eigenvalue weighted by Crippen LogP contribution is -2.39. The normalized spacial score (nSPS) is 32.8. The van der Waals surface area contributed by atoms with Crippen molar-refractivity contribution in [3.8, 4) is 0 Å². The van der Waals surface area contributed by atoms with Gasteiger partial charge in [0.05, 0.1) is 0 Å². The van der Waals surface area contributed by atoms with Crippen molar-refractivity contribution in [2.75, 3.05) is 0 Å². The highest BCUT2D eigenvalue weighted by Crippen LogP contribution is 2.19. The van der Waals surface area contributed by atoms with Crippen molar-refractivity contribution >= 4 is 6.09 Å². The van der Waals surface area contributed by atoms with Gasteiger partial charge in [-0.3, -0.25) is 4.90 Å². The number of hydrogen-bond acceptors (Lipinski definition) is 3. The Hall–Kier alpha value is -0.810. The Balaban J connectivity index is 2.63. The summed E-state index contributed by atoms with van der Waals surface area (Å²) in [7, 11) is 0. The summed E-state index contributed by atoms with van der Waals surface area (Å²) in [4.78, 5) is 10.9. The second-order valence-electron chi connectivity index (χ2n) is 2.23. The average Bonchev–Trinajstić information content (AvgIpc) is 2.11. The number of aliphatic hydroxyl groups excluding tert-OH is 2. The standard InChI is InChI=1S/C5H9NO4/c7-3-1-2-4(8)6(3)5(9)10/h3-4,7-8H,1-2H2,(H,9,10). The van der Waals surface area contributed by atoms with Gasteiger partial charge in [0, 0.05) is 0 Å². The number of carbonyl (C=O) groups is 1. The molecule has 0 aliphatic carbocycles. The highest BCUT2D eigenvalue weighted by atomic mass is 16.4. The van der Waals surface area contributed by atoms with Gasteiger partial charge in [0.25, 0.3) is 0 Å². The van der Waals surface area contributed by atoms with Crippen molar-refractivity contribution in [1.82, 2.24) is 4.90 Å². The summed E-state index contributed by atoms with van der Waals surface area (Å²) < 4.78 is 0. The lowest BCUT2D eigenvalue weighted by atomic mass is 10.3. The van der Waals surface area contributed by atoms with Crippen molar-refractivity contribution in [1.29, 1.82) is 0 Å². The molecule has 1 saturated heterocycles. The van der Waals surface area contributed by atoms with Gasteiger partial charge in [-0.05, 0) is 12.8 Å². The van der Waals surface area contributed by atoms with Crippen molar-refractivity contribution in [3.63, 3.8) is 0 Å². The van der Waals surface area contributed by atoms with E-state index in [1.165, 1.54) is 0 Å². The first kappa shape index (κ1) is 7.30. The molecule has 0 radical (unpaired) electrons. The van der Waals surface area contributed by atoms with Crippen molar-refractivity contribution in [2.45, 2.75) is 25.3 Å². The molecule has 0 spiro atoms. The van der Waals surface area contributed by atoms with Gasteiger partial charge in [0.2, 0.25) is 0 Å². The maximum atomic E-state index is 10.2. The largest absolute Gasteiger partial charge is 0.465 e. The van der Waals surface area contributed by atoms with E-state index in [0.29, 0.717) is 17.7 Å². The van der Waals surface area contributed by atoms with Crippen LogP contribution in [0.4, 0.5) is 4.79 Å². The van der Waals surface area contributed by atoms with E-state index in [1.54, 1.807) is 0 Å². The minimum atomic E-state index is -1.28. The van der Waals surface area contributed by atoms with Crippen LogP contribution in [0.15, 0.2) is 0 Å². The van der Waals surface area contributed by atoms with Crippen LogP contribution in [0.5, 0.6) is 0 Å². The van der Waals surface area contributed by atoms with Crippen LogP contribution in [0.25, 0.3) is 0 Å². The van der Waals surface area contributed by atoms with E-state index in [-0.39, 0.29) is 0 Å². The van der Waals surface area contributed by atoms with E-state index in [2.05, 4.69) is 0 Å². The molecule has 1 rings (SSSR count). The summed E-state index contributed by atoms with van der Waals surface area (Å²) in [6, 6.07) is 0. The predicted octanol–water partition coefficient (Wildman–Crippen LogP) is -0.603. The zero-order chi connectivity index (χ0) is 7.72. The fourth-order valence-electron chi connectivity index (χ4n) is 1.03. The van der Waals surface area contributed by atoms with E-state index in [0.717, 1.165) is 0 Å². The molecule has 0 aromatic heterocycles. The molecule has 1 aliphatic heterocycles. The minimum Gasteiger partial charge on any atom is -0.465 e.